The Bertz CT molecular complexity index is 517. The summed E-state index contributed by atoms with van der Waals surface area (Å²) >= 11 is 0. The molecule has 0 aromatic carbocycles. The van der Waals surface area contributed by atoms with Crippen LogP contribution in [0.15, 0.2) is 12.1 Å². The molecule has 0 saturated heterocycles. The number of amides is 1. The number of aromatic nitrogens is 1. The molecule has 102 valence electrons. The van der Waals surface area contributed by atoms with E-state index in [2.05, 4.69) is 20.4 Å². The van der Waals surface area contributed by atoms with Crippen LogP contribution in [0.5, 0.6) is 0 Å². The number of carbonyl (C=O) groups excluding carboxylic acids is 2. The van der Waals surface area contributed by atoms with Crippen LogP contribution >= 0.6 is 0 Å². The second kappa shape index (κ2) is 6.28. The Hall–Kier alpha value is -2.71. The van der Waals surface area contributed by atoms with E-state index in [1.807, 2.05) is 0 Å². The molecule has 0 spiro atoms. The van der Waals surface area contributed by atoms with E-state index in [1.54, 1.807) is 0 Å². The molecule has 9 heteroatoms. The van der Waals surface area contributed by atoms with E-state index < -0.39 is 10.9 Å². The molecule has 0 radical (unpaired) electrons. The van der Waals surface area contributed by atoms with Gasteiger partial charge in [0.15, 0.2) is 5.69 Å². The molecule has 19 heavy (non-hydrogen) atoms. The summed E-state index contributed by atoms with van der Waals surface area (Å²) in [6, 6.07) is 2.29. The van der Waals surface area contributed by atoms with Crippen molar-refractivity contribution in [1.29, 1.82) is 0 Å². The van der Waals surface area contributed by atoms with Crippen molar-refractivity contribution in [3.63, 3.8) is 0 Å². The van der Waals surface area contributed by atoms with Crippen molar-refractivity contribution in [3.05, 3.63) is 27.9 Å². The fourth-order valence-corrected chi connectivity index (χ4v) is 1.20. The molecule has 0 fully saturated rings. The minimum Gasteiger partial charge on any atom is -0.464 e. The van der Waals surface area contributed by atoms with Crippen molar-refractivity contribution in [3.8, 4) is 0 Å². The highest BCUT2D eigenvalue weighted by atomic mass is 16.6. The number of methoxy groups -OCH3 is 1. The Labute approximate surface area is 108 Å². The highest BCUT2D eigenvalue weighted by Crippen LogP contribution is 2.22. The first-order valence-electron chi connectivity index (χ1n) is 5.17. The van der Waals surface area contributed by atoms with Gasteiger partial charge >= 0.3 is 11.7 Å². The standard InChI is InChI=1S/C10H12N4O5/c1-11-8(15)5-12-9-7(14(17)18)4-3-6(13-9)10(16)19-2/h3-4H,5H2,1-2H3,(H,11,15)(H,12,13). The van der Waals surface area contributed by atoms with E-state index in [4.69, 9.17) is 0 Å². The summed E-state index contributed by atoms with van der Waals surface area (Å²) in [6.07, 6.45) is 0. The van der Waals surface area contributed by atoms with Gasteiger partial charge in [-0.2, -0.15) is 0 Å². The van der Waals surface area contributed by atoms with E-state index in [0.29, 0.717) is 0 Å². The molecule has 0 aliphatic carbocycles. The zero-order chi connectivity index (χ0) is 14.4. The molecule has 0 aliphatic rings. The van der Waals surface area contributed by atoms with E-state index in [1.165, 1.54) is 20.2 Å². The number of ether oxygens (including phenoxy) is 1. The van der Waals surface area contributed by atoms with Crippen molar-refractivity contribution < 1.29 is 19.2 Å². The smallest absolute Gasteiger partial charge is 0.356 e. The largest absolute Gasteiger partial charge is 0.464 e. The first-order chi connectivity index (χ1) is 8.99. The average Bonchev–Trinajstić information content (AvgIpc) is 2.43. The van der Waals surface area contributed by atoms with E-state index in [0.717, 1.165) is 6.07 Å². The Morgan fingerprint density at radius 1 is 1.47 bits per heavy atom. The summed E-state index contributed by atoms with van der Waals surface area (Å²) in [7, 11) is 2.60. The van der Waals surface area contributed by atoms with Gasteiger partial charge < -0.3 is 15.4 Å². The van der Waals surface area contributed by atoms with Crippen molar-refractivity contribution in [2.24, 2.45) is 0 Å². The minimum atomic E-state index is -0.724. The maximum Gasteiger partial charge on any atom is 0.356 e. The molecule has 2 N–H and O–H groups in total. The van der Waals surface area contributed by atoms with Gasteiger partial charge in [-0.1, -0.05) is 0 Å². The summed E-state index contributed by atoms with van der Waals surface area (Å²) in [5.74, 6) is -1.27. The third kappa shape index (κ3) is 3.63. The van der Waals surface area contributed by atoms with Gasteiger partial charge in [-0.25, -0.2) is 9.78 Å². The summed E-state index contributed by atoms with van der Waals surface area (Å²) in [4.78, 5) is 36.3. The number of rotatable bonds is 5. The second-order valence-electron chi connectivity index (χ2n) is 3.34. The fourth-order valence-electron chi connectivity index (χ4n) is 1.20. The van der Waals surface area contributed by atoms with Gasteiger partial charge in [-0.3, -0.25) is 14.9 Å². The van der Waals surface area contributed by atoms with Crippen molar-refractivity contribution >= 4 is 23.4 Å². The van der Waals surface area contributed by atoms with Crippen LogP contribution in [-0.4, -0.2) is 42.5 Å². The van der Waals surface area contributed by atoms with Crippen LogP contribution in [-0.2, 0) is 9.53 Å². The van der Waals surface area contributed by atoms with Crippen molar-refractivity contribution in [1.82, 2.24) is 10.3 Å². The number of nitro groups is 1. The Morgan fingerprint density at radius 3 is 2.68 bits per heavy atom. The van der Waals surface area contributed by atoms with Crippen LogP contribution in [0.2, 0.25) is 0 Å². The molecule has 0 saturated carbocycles. The molecule has 1 amide bonds. The molecule has 1 aromatic rings. The summed E-state index contributed by atoms with van der Waals surface area (Å²) < 4.78 is 4.46. The van der Waals surface area contributed by atoms with Crippen LogP contribution < -0.4 is 10.6 Å². The number of anilines is 1. The molecule has 1 heterocycles. The zero-order valence-corrected chi connectivity index (χ0v) is 10.3. The topological polar surface area (TPSA) is 123 Å². The van der Waals surface area contributed by atoms with Crippen LogP contribution in [0.4, 0.5) is 11.5 Å². The maximum absolute atomic E-state index is 11.3. The lowest BCUT2D eigenvalue weighted by Crippen LogP contribution is -2.26. The van der Waals surface area contributed by atoms with E-state index >= 15 is 0 Å². The predicted molar refractivity (Wildman–Crippen MR) is 64.8 cm³/mol. The summed E-state index contributed by atoms with van der Waals surface area (Å²) in [5, 5.41) is 15.6. The van der Waals surface area contributed by atoms with Gasteiger partial charge in [0.05, 0.1) is 18.6 Å². The van der Waals surface area contributed by atoms with Gasteiger partial charge in [0.2, 0.25) is 11.7 Å². The molecule has 9 nitrogen and oxygen atoms in total. The lowest BCUT2D eigenvalue weighted by molar-refractivity contribution is -0.384. The van der Waals surface area contributed by atoms with Crippen molar-refractivity contribution in [2.75, 3.05) is 26.0 Å². The van der Waals surface area contributed by atoms with Crippen LogP contribution in [0, 0.1) is 10.1 Å². The van der Waals surface area contributed by atoms with Gasteiger partial charge in [-0.15, -0.1) is 0 Å². The number of nitrogens with one attached hydrogen (secondary N) is 2. The monoisotopic (exact) mass is 268 g/mol. The molecule has 0 unspecified atom stereocenters. The number of carbonyl (C=O) groups is 2. The number of hydrogen-bond donors (Lipinski definition) is 2. The SMILES string of the molecule is CNC(=O)CNc1nc(C(=O)OC)ccc1[N+](=O)[O-]. The number of pyridine rings is 1. The van der Waals surface area contributed by atoms with Gasteiger partial charge in [0, 0.05) is 13.1 Å². The molecule has 1 aromatic heterocycles. The second-order valence-corrected chi connectivity index (χ2v) is 3.34. The van der Waals surface area contributed by atoms with Gasteiger partial charge in [0.1, 0.15) is 0 Å². The molecular formula is C10H12N4O5. The normalized spacial score (nSPS) is 9.58. The quantitative estimate of drug-likeness (QED) is 0.435. The fraction of sp³-hybridized carbons (Fsp3) is 0.300. The Balaban J connectivity index is 3.05. The number of likely N-dealkylation sites (N-methyl/N-ethyl adjacent to an activating group) is 1. The molecule has 1 rings (SSSR count). The van der Waals surface area contributed by atoms with Crippen molar-refractivity contribution in [2.45, 2.75) is 0 Å². The lowest BCUT2D eigenvalue weighted by atomic mass is 10.3. The third-order valence-corrected chi connectivity index (χ3v) is 2.16. The number of esters is 1. The first kappa shape index (κ1) is 14.4. The van der Waals surface area contributed by atoms with Gasteiger partial charge in [0.25, 0.3) is 0 Å². The number of nitrogens with zero attached hydrogens (tertiary/aromatic N) is 2. The highest BCUT2D eigenvalue weighted by Gasteiger charge is 2.19. The van der Waals surface area contributed by atoms with E-state index in [-0.39, 0.29) is 29.7 Å². The van der Waals surface area contributed by atoms with Crippen LogP contribution in [0.3, 0.4) is 0 Å². The minimum absolute atomic E-state index is 0.0903. The highest BCUT2D eigenvalue weighted by molar-refractivity contribution is 5.88. The number of hydrogen-bond acceptors (Lipinski definition) is 7. The molecule has 0 bridgehead atoms. The zero-order valence-electron chi connectivity index (χ0n) is 10.3. The summed E-state index contributed by atoms with van der Waals surface area (Å²) in [6.45, 7) is -0.199. The molecule has 0 atom stereocenters. The Morgan fingerprint density at radius 2 is 2.16 bits per heavy atom. The molecular weight excluding hydrogens is 256 g/mol. The lowest BCUT2D eigenvalue weighted by Gasteiger charge is -2.06. The first-order valence-corrected chi connectivity index (χ1v) is 5.17. The Kier molecular flexibility index (Phi) is 4.75. The maximum atomic E-state index is 11.3. The summed E-state index contributed by atoms with van der Waals surface area (Å²) in [5.41, 5.74) is -0.427. The predicted octanol–water partition coefficient (Wildman–Crippen LogP) is -0.0657. The van der Waals surface area contributed by atoms with Crippen LogP contribution in [0.1, 0.15) is 10.5 Å². The van der Waals surface area contributed by atoms with Crippen LogP contribution in [0.25, 0.3) is 0 Å². The van der Waals surface area contributed by atoms with Gasteiger partial charge in [-0.05, 0) is 6.07 Å². The third-order valence-electron chi connectivity index (χ3n) is 2.16. The average molecular weight is 268 g/mol. The molecule has 0 aliphatic heterocycles. The van der Waals surface area contributed by atoms with E-state index in [9.17, 15) is 19.7 Å².